The van der Waals surface area contributed by atoms with Crippen LogP contribution in [0.25, 0.3) is 0 Å². The Bertz CT molecular complexity index is 600. The minimum atomic E-state index is -2.87. The second-order valence-corrected chi connectivity index (χ2v) is 13.1. The molecule has 0 fully saturated rings. The summed E-state index contributed by atoms with van der Waals surface area (Å²) in [6.07, 6.45) is -1.85. The van der Waals surface area contributed by atoms with Gasteiger partial charge in [0.05, 0.1) is 0 Å². The third kappa shape index (κ3) is 9.93. The molecule has 10 nitrogen and oxygen atoms in total. The average Bonchev–Trinajstić information content (AvgIpc) is 2.45. The number of carbonyl (C=O) groups is 4. The van der Waals surface area contributed by atoms with Gasteiger partial charge in [-0.1, -0.05) is 17.7 Å². The van der Waals surface area contributed by atoms with Gasteiger partial charge < -0.3 is 25.0 Å². The van der Waals surface area contributed by atoms with Crippen LogP contribution >= 0.6 is 20.0 Å². The minimum Gasteiger partial charge on any atom is -0.480 e. The van der Waals surface area contributed by atoms with E-state index in [1.165, 1.54) is 0 Å². The highest BCUT2D eigenvalue weighted by molar-refractivity contribution is 8.99. The number of carboxylic acid groups (broad SMARTS) is 2. The Balaban J connectivity index is 5.25. The van der Waals surface area contributed by atoms with Gasteiger partial charge in [-0.3, -0.25) is 4.72 Å². The van der Waals surface area contributed by atoms with Gasteiger partial charge in [0, 0.05) is 11.5 Å². The van der Waals surface area contributed by atoms with Crippen molar-refractivity contribution in [2.24, 2.45) is 0 Å². The van der Waals surface area contributed by atoms with E-state index in [0.717, 1.165) is 10.8 Å². The van der Waals surface area contributed by atoms with Crippen LogP contribution in [-0.2, 0) is 14.3 Å². The molecule has 2 amide bonds. The van der Waals surface area contributed by atoms with Crippen molar-refractivity contribution in [2.45, 2.75) is 65.7 Å². The first-order valence-corrected chi connectivity index (χ1v) is 11.7. The van der Waals surface area contributed by atoms with Crippen LogP contribution in [0.1, 0.15) is 48.5 Å². The van der Waals surface area contributed by atoms with E-state index in [4.69, 9.17) is 9.47 Å². The van der Waals surface area contributed by atoms with E-state index < -0.39 is 49.9 Å². The molecule has 2 unspecified atom stereocenters. The topological polar surface area (TPSA) is 151 Å². The monoisotopic (exact) mass is 442 g/mol. The van der Waals surface area contributed by atoms with Crippen molar-refractivity contribution >= 4 is 43.5 Å². The van der Waals surface area contributed by atoms with Gasteiger partial charge in [0.25, 0.3) is 0 Å². The third-order valence-corrected chi connectivity index (χ3v) is 8.51. The quantitative estimate of drug-likeness (QED) is 0.452. The molecule has 28 heavy (non-hydrogen) atoms. The lowest BCUT2D eigenvalue weighted by Gasteiger charge is -2.35. The Morgan fingerprint density at radius 3 is 1.79 bits per heavy atom. The number of nitrogens with one attached hydrogen (secondary N) is 2. The van der Waals surface area contributed by atoms with Crippen LogP contribution in [0.4, 0.5) is 14.4 Å². The van der Waals surface area contributed by atoms with E-state index in [1.807, 2.05) is 0 Å². The number of carboxylic acids is 1. The van der Waals surface area contributed by atoms with E-state index >= 15 is 0 Å². The predicted molar refractivity (Wildman–Crippen MR) is 109 cm³/mol. The van der Waals surface area contributed by atoms with Crippen LogP contribution in [0.15, 0.2) is 0 Å². The van der Waals surface area contributed by atoms with Gasteiger partial charge in [-0.15, -0.1) is 0 Å². The Kier molecular flexibility index (Phi) is 9.44. The summed E-state index contributed by atoms with van der Waals surface area (Å²) in [7, 11) is -2.12. The molecule has 2 atom stereocenters. The van der Waals surface area contributed by atoms with Crippen molar-refractivity contribution < 1.29 is 38.9 Å². The summed E-state index contributed by atoms with van der Waals surface area (Å²) in [6, 6.07) is -1.40. The zero-order valence-corrected chi connectivity index (χ0v) is 18.8. The lowest BCUT2D eigenvalue weighted by atomic mass is 10.2. The molecule has 0 aromatic heterocycles. The molecule has 0 aliphatic carbocycles. The van der Waals surface area contributed by atoms with Gasteiger partial charge in [-0.05, 0) is 50.8 Å². The summed E-state index contributed by atoms with van der Waals surface area (Å²) in [4.78, 5) is 47.2. The molecule has 0 rings (SSSR count). The number of hydrogen-bond acceptors (Lipinski definition) is 7. The van der Waals surface area contributed by atoms with Crippen LogP contribution in [0, 0.1) is 0 Å². The van der Waals surface area contributed by atoms with Crippen LogP contribution in [0.2, 0.25) is 0 Å². The van der Waals surface area contributed by atoms with E-state index in [0.29, 0.717) is 0 Å². The van der Waals surface area contributed by atoms with Gasteiger partial charge in [0.15, 0.2) is 0 Å². The average molecular weight is 443 g/mol. The van der Waals surface area contributed by atoms with Crippen molar-refractivity contribution in [3.63, 3.8) is 0 Å². The van der Waals surface area contributed by atoms with Crippen LogP contribution in [-0.4, -0.2) is 62.4 Å². The van der Waals surface area contributed by atoms with Crippen molar-refractivity contribution in [3.8, 4) is 0 Å². The minimum absolute atomic E-state index is 0.0328. The van der Waals surface area contributed by atoms with Crippen molar-refractivity contribution in [1.82, 2.24) is 10.0 Å². The zero-order chi connectivity index (χ0) is 22.3. The normalized spacial score (nSPS) is 16.1. The summed E-state index contributed by atoms with van der Waals surface area (Å²) in [5.74, 6) is -1.62. The molecule has 0 spiro atoms. The summed E-state index contributed by atoms with van der Waals surface area (Å²) >= 11 is 0. The summed E-state index contributed by atoms with van der Waals surface area (Å²) in [5, 5.41) is 19.9. The maximum absolute atomic E-state index is 12.1. The second-order valence-electron chi connectivity index (χ2n) is 7.66. The van der Waals surface area contributed by atoms with Crippen LogP contribution in [0.5, 0.6) is 0 Å². The Morgan fingerprint density at radius 1 is 0.964 bits per heavy atom. The van der Waals surface area contributed by atoms with Crippen molar-refractivity contribution in [1.29, 1.82) is 0 Å². The smallest absolute Gasteiger partial charge is 0.417 e. The van der Waals surface area contributed by atoms with E-state index in [-0.39, 0.29) is 11.5 Å². The van der Waals surface area contributed by atoms with Crippen LogP contribution < -0.4 is 10.0 Å². The number of amides is 2. The highest BCUT2D eigenvalue weighted by Gasteiger charge is 2.37. The molecule has 164 valence electrons. The van der Waals surface area contributed by atoms with E-state index in [1.54, 1.807) is 48.5 Å². The molecular formula is C16H30N2O8S2. The highest BCUT2D eigenvalue weighted by atomic mass is 33.2. The van der Waals surface area contributed by atoms with Gasteiger partial charge in [0.1, 0.15) is 17.2 Å². The molecule has 0 saturated heterocycles. The molecule has 4 N–H and O–H groups in total. The van der Waals surface area contributed by atoms with Crippen LogP contribution in [0.3, 0.4) is 0 Å². The lowest BCUT2D eigenvalue weighted by molar-refractivity contribution is -0.138. The number of hydrogen-bond donors (Lipinski definition) is 4. The van der Waals surface area contributed by atoms with Gasteiger partial charge >= 0.3 is 23.5 Å². The third-order valence-electron chi connectivity index (χ3n) is 2.76. The SMILES string of the molecule is CCS(NC(=O)OC(C)(C)C)(SCC(NC(=O)OC(C)(C)C)C(=O)O)C(=O)O. The predicted octanol–water partition coefficient (Wildman–Crippen LogP) is 3.55. The number of ether oxygens (including phenoxy) is 2. The maximum atomic E-state index is 12.1. The van der Waals surface area contributed by atoms with Gasteiger partial charge in [-0.2, -0.15) is 0 Å². The molecule has 0 aromatic carbocycles. The summed E-state index contributed by atoms with van der Waals surface area (Å²) < 4.78 is 12.5. The second kappa shape index (κ2) is 10.1. The van der Waals surface area contributed by atoms with Crippen molar-refractivity contribution in [2.75, 3.05) is 11.5 Å². The first-order chi connectivity index (χ1) is 12.5. The molecule has 0 radical (unpaired) electrons. The summed E-state index contributed by atoms with van der Waals surface area (Å²) in [6.45, 7) is 11.3. The number of rotatable bonds is 6. The number of aliphatic carboxylic acids is 1. The number of carbonyl (C=O) groups excluding carboxylic acids is 2. The Hall–Kier alpha value is -1.82. The largest absolute Gasteiger partial charge is 0.480 e. The first kappa shape index (κ1) is 26.2. The fourth-order valence-electron chi connectivity index (χ4n) is 1.64. The molecule has 0 aliphatic rings. The number of alkyl carbamates (subject to hydrolysis) is 1. The van der Waals surface area contributed by atoms with Crippen molar-refractivity contribution in [3.05, 3.63) is 0 Å². The Morgan fingerprint density at radius 2 is 1.43 bits per heavy atom. The van der Waals surface area contributed by atoms with Gasteiger partial charge in [0.2, 0.25) is 0 Å². The highest BCUT2D eigenvalue weighted by Crippen LogP contribution is 2.57. The standard InChI is InChI=1S/C16H30N2O8S2/c1-8-28(14(23)24,18-13(22)26-16(5,6)7)27-9-10(11(19)20)17-12(21)25-15(2,3)4/h10H,8-9H2,1-7H3,(H,17,21)(H,18,22)(H,19,20)(H,23,24). The molecule has 0 aliphatic heterocycles. The molecule has 0 bridgehead atoms. The molecule has 12 heteroatoms. The maximum Gasteiger partial charge on any atom is 0.417 e. The fraction of sp³-hybridized carbons (Fsp3) is 0.750. The lowest BCUT2D eigenvalue weighted by Crippen LogP contribution is -2.45. The fourth-order valence-corrected chi connectivity index (χ4v) is 5.64. The molecular weight excluding hydrogens is 412 g/mol. The first-order valence-electron chi connectivity index (χ1n) is 8.43. The molecule has 0 heterocycles. The van der Waals surface area contributed by atoms with Gasteiger partial charge in [-0.25, -0.2) is 19.2 Å². The Labute approximate surface area is 169 Å². The van der Waals surface area contributed by atoms with E-state index in [9.17, 15) is 29.4 Å². The van der Waals surface area contributed by atoms with E-state index in [2.05, 4.69) is 10.0 Å². The zero-order valence-electron chi connectivity index (χ0n) is 17.2. The molecule has 0 saturated carbocycles. The summed E-state index contributed by atoms with van der Waals surface area (Å²) in [5.41, 5.74) is -1.65. The molecule has 0 aromatic rings.